The van der Waals surface area contributed by atoms with Crippen LogP contribution in [-0.2, 0) is 16.6 Å². The molecule has 0 heterocycles. The van der Waals surface area contributed by atoms with E-state index in [4.69, 9.17) is 0 Å². The number of ether oxygens (including phenoxy) is 1. The third kappa shape index (κ3) is 6.99. The number of carbonyl (C=O) groups is 1. The first-order chi connectivity index (χ1) is 13.9. The minimum Gasteiger partial charge on any atom is -0.484 e. The van der Waals surface area contributed by atoms with Crippen LogP contribution in [0, 0.1) is 5.82 Å². The Kier molecular flexibility index (Phi) is 7.43. The van der Waals surface area contributed by atoms with Gasteiger partial charge in [0.1, 0.15) is 11.6 Å². The summed E-state index contributed by atoms with van der Waals surface area (Å²) in [7, 11) is -3.93. The maximum absolute atomic E-state index is 14.1. The van der Waals surface area contributed by atoms with Crippen molar-refractivity contribution >= 4 is 15.9 Å². The lowest BCUT2D eigenvalue weighted by Gasteiger charge is -2.12. The number of nitrogens with one attached hydrogen (secondary N) is 2. The van der Waals surface area contributed by atoms with Crippen molar-refractivity contribution in [2.75, 3.05) is 6.61 Å². The number of rotatable bonds is 8. The molecular formula is C19H20F4N2O4S. The number of carbonyl (C=O) groups excluding carboxylic acids is 1. The lowest BCUT2D eigenvalue weighted by molar-refractivity contribution is -0.153. The van der Waals surface area contributed by atoms with Crippen molar-refractivity contribution in [3.05, 3.63) is 59.4 Å². The van der Waals surface area contributed by atoms with Gasteiger partial charge in [0.05, 0.1) is 10.5 Å². The van der Waals surface area contributed by atoms with Crippen LogP contribution in [-0.4, -0.2) is 33.1 Å². The van der Waals surface area contributed by atoms with E-state index < -0.39 is 46.1 Å². The second-order valence-electron chi connectivity index (χ2n) is 6.65. The standard InChI is InChI=1S/C19H20F4N2O4S/c1-12(2)25-30(27,28)15-6-7-17(20)16(9-15)18(26)24-10-13-4-3-5-14(8-13)29-11-19(21,22)23/h3-9,12,25H,10-11H2,1-2H3,(H,24,26). The van der Waals surface area contributed by atoms with E-state index >= 15 is 0 Å². The average molecular weight is 448 g/mol. The molecule has 0 unspecified atom stereocenters. The Morgan fingerprint density at radius 2 is 1.83 bits per heavy atom. The fraction of sp³-hybridized carbons (Fsp3) is 0.316. The summed E-state index contributed by atoms with van der Waals surface area (Å²) in [5.41, 5.74) is -0.0696. The Balaban J connectivity index is 2.11. The van der Waals surface area contributed by atoms with Crippen LogP contribution in [0.4, 0.5) is 17.6 Å². The quantitative estimate of drug-likeness (QED) is 0.607. The van der Waals surface area contributed by atoms with Gasteiger partial charge < -0.3 is 10.1 Å². The molecule has 0 aromatic heterocycles. The zero-order valence-corrected chi connectivity index (χ0v) is 16.9. The smallest absolute Gasteiger partial charge is 0.422 e. The molecule has 0 aliphatic carbocycles. The van der Waals surface area contributed by atoms with E-state index in [1.165, 1.54) is 24.3 Å². The highest BCUT2D eigenvalue weighted by Crippen LogP contribution is 2.20. The van der Waals surface area contributed by atoms with Crippen molar-refractivity contribution in [1.29, 1.82) is 0 Å². The van der Waals surface area contributed by atoms with Gasteiger partial charge in [-0.3, -0.25) is 4.79 Å². The van der Waals surface area contributed by atoms with Crippen LogP contribution in [0.5, 0.6) is 5.75 Å². The lowest BCUT2D eigenvalue weighted by Crippen LogP contribution is -2.31. The van der Waals surface area contributed by atoms with Crippen molar-refractivity contribution in [3.63, 3.8) is 0 Å². The Hall–Kier alpha value is -2.66. The monoisotopic (exact) mass is 448 g/mol. The summed E-state index contributed by atoms with van der Waals surface area (Å²) in [4.78, 5) is 12.1. The zero-order valence-electron chi connectivity index (χ0n) is 16.1. The van der Waals surface area contributed by atoms with Gasteiger partial charge in [0, 0.05) is 12.6 Å². The molecular weight excluding hydrogens is 428 g/mol. The Morgan fingerprint density at radius 3 is 2.47 bits per heavy atom. The summed E-state index contributed by atoms with van der Waals surface area (Å²) < 4.78 is 82.2. The van der Waals surface area contributed by atoms with Crippen LogP contribution >= 0.6 is 0 Å². The predicted molar refractivity (Wildman–Crippen MR) is 101 cm³/mol. The van der Waals surface area contributed by atoms with Gasteiger partial charge in [-0.05, 0) is 49.7 Å². The Morgan fingerprint density at radius 1 is 1.13 bits per heavy atom. The van der Waals surface area contributed by atoms with Crippen molar-refractivity contribution in [1.82, 2.24) is 10.0 Å². The van der Waals surface area contributed by atoms with E-state index in [1.54, 1.807) is 13.8 Å². The minimum atomic E-state index is -4.49. The summed E-state index contributed by atoms with van der Waals surface area (Å²) in [6.07, 6.45) is -4.49. The molecule has 0 radical (unpaired) electrons. The van der Waals surface area contributed by atoms with Gasteiger partial charge in [0.2, 0.25) is 10.0 Å². The number of sulfonamides is 1. The largest absolute Gasteiger partial charge is 0.484 e. The molecule has 0 saturated heterocycles. The van der Waals surface area contributed by atoms with Crippen LogP contribution in [0.3, 0.4) is 0 Å². The van der Waals surface area contributed by atoms with Crippen molar-refractivity contribution < 1.29 is 35.5 Å². The molecule has 0 fully saturated rings. The molecule has 30 heavy (non-hydrogen) atoms. The first kappa shape index (κ1) is 23.6. The molecule has 1 amide bonds. The summed E-state index contributed by atoms with van der Waals surface area (Å²) in [5.74, 6) is -1.84. The van der Waals surface area contributed by atoms with Gasteiger partial charge in [-0.25, -0.2) is 17.5 Å². The molecule has 0 bridgehead atoms. The zero-order chi connectivity index (χ0) is 22.5. The van der Waals surface area contributed by atoms with Crippen LogP contribution in [0.1, 0.15) is 29.8 Å². The topological polar surface area (TPSA) is 84.5 Å². The molecule has 0 spiro atoms. The van der Waals surface area contributed by atoms with Gasteiger partial charge in [0.15, 0.2) is 6.61 Å². The average Bonchev–Trinajstić information content (AvgIpc) is 2.63. The molecule has 2 rings (SSSR count). The lowest BCUT2D eigenvalue weighted by atomic mass is 10.1. The van der Waals surface area contributed by atoms with Crippen molar-refractivity contribution in [2.24, 2.45) is 0 Å². The van der Waals surface area contributed by atoms with E-state index in [2.05, 4.69) is 14.8 Å². The second kappa shape index (κ2) is 9.43. The highest BCUT2D eigenvalue weighted by Gasteiger charge is 2.28. The highest BCUT2D eigenvalue weighted by atomic mass is 32.2. The first-order valence-electron chi connectivity index (χ1n) is 8.76. The van der Waals surface area contributed by atoms with Crippen LogP contribution in [0.2, 0.25) is 0 Å². The molecule has 0 atom stereocenters. The molecule has 0 aliphatic heterocycles. The summed E-state index contributed by atoms with van der Waals surface area (Å²) in [6, 6.07) is 8.03. The van der Waals surface area contributed by atoms with Crippen molar-refractivity contribution in [2.45, 2.75) is 37.5 Å². The van der Waals surface area contributed by atoms with Gasteiger partial charge in [-0.1, -0.05) is 12.1 Å². The fourth-order valence-corrected chi connectivity index (χ4v) is 3.69. The maximum atomic E-state index is 14.1. The van der Waals surface area contributed by atoms with Gasteiger partial charge in [-0.2, -0.15) is 13.2 Å². The molecule has 2 aromatic rings. The summed E-state index contributed by atoms with van der Waals surface area (Å²) in [5, 5.41) is 2.40. The number of halogens is 4. The molecule has 6 nitrogen and oxygen atoms in total. The summed E-state index contributed by atoms with van der Waals surface area (Å²) >= 11 is 0. The Labute approximate surface area is 171 Å². The number of hydrogen-bond acceptors (Lipinski definition) is 4. The molecule has 11 heteroatoms. The van der Waals surface area contributed by atoms with Crippen LogP contribution < -0.4 is 14.8 Å². The Bertz CT molecular complexity index is 1010. The SMILES string of the molecule is CC(C)NS(=O)(=O)c1ccc(F)c(C(=O)NCc2cccc(OCC(F)(F)F)c2)c1. The van der Waals surface area contributed by atoms with E-state index in [1.807, 2.05) is 0 Å². The van der Waals surface area contributed by atoms with Crippen LogP contribution in [0.15, 0.2) is 47.4 Å². The molecule has 0 aliphatic rings. The minimum absolute atomic E-state index is 0.0434. The second-order valence-corrected chi connectivity index (χ2v) is 8.37. The first-order valence-corrected chi connectivity index (χ1v) is 10.2. The van der Waals surface area contributed by atoms with E-state index in [0.717, 1.165) is 18.2 Å². The number of benzene rings is 2. The summed E-state index contributed by atoms with van der Waals surface area (Å²) in [6.45, 7) is 1.63. The van der Waals surface area contributed by atoms with Gasteiger partial charge in [0.25, 0.3) is 5.91 Å². The number of amides is 1. The normalized spacial score (nSPS) is 12.1. The van der Waals surface area contributed by atoms with Gasteiger partial charge >= 0.3 is 6.18 Å². The number of hydrogen-bond donors (Lipinski definition) is 2. The van der Waals surface area contributed by atoms with Crippen molar-refractivity contribution in [3.8, 4) is 5.75 Å². The number of alkyl halides is 3. The van der Waals surface area contributed by atoms with E-state index in [-0.39, 0.29) is 17.2 Å². The van der Waals surface area contributed by atoms with Crippen LogP contribution in [0.25, 0.3) is 0 Å². The highest BCUT2D eigenvalue weighted by molar-refractivity contribution is 7.89. The molecule has 164 valence electrons. The molecule has 0 saturated carbocycles. The van der Waals surface area contributed by atoms with E-state index in [9.17, 15) is 30.8 Å². The maximum Gasteiger partial charge on any atom is 0.422 e. The van der Waals surface area contributed by atoms with Gasteiger partial charge in [-0.15, -0.1) is 0 Å². The molecule has 2 aromatic carbocycles. The third-order valence-corrected chi connectivity index (χ3v) is 5.29. The third-order valence-electron chi connectivity index (χ3n) is 3.64. The fourth-order valence-electron chi connectivity index (χ4n) is 2.41. The van der Waals surface area contributed by atoms with E-state index in [0.29, 0.717) is 5.56 Å². The predicted octanol–water partition coefficient (Wildman–Crippen LogP) is 3.38. The molecule has 2 N–H and O–H groups in total.